The van der Waals surface area contributed by atoms with Crippen molar-refractivity contribution in [3.63, 3.8) is 0 Å². The number of rotatable bonds is 5. The van der Waals surface area contributed by atoms with Gasteiger partial charge in [-0.1, -0.05) is 29.4 Å². The third-order valence-electron chi connectivity index (χ3n) is 4.34. The molecule has 5 nitrogen and oxygen atoms in total. The van der Waals surface area contributed by atoms with Crippen LogP contribution in [0.15, 0.2) is 28.8 Å². The molecule has 2 heterocycles. The number of hydrogen-bond donors (Lipinski definition) is 1. The topological polar surface area (TPSA) is 54.2 Å². The van der Waals surface area contributed by atoms with Crippen molar-refractivity contribution in [2.75, 3.05) is 27.2 Å². The summed E-state index contributed by atoms with van der Waals surface area (Å²) < 4.78 is 5.47. The average molecular weight is 314 g/mol. The molecule has 0 saturated carbocycles. The second-order valence-corrected chi connectivity index (χ2v) is 6.70. The van der Waals surface area contributed by atoms with Crippen molar-refractivity contribution in [3.05, 3.63) is 35.7 Å². The summed E-state index contributed by atoms with van der Waals surface area (Å²) in [5.74, 6) is 2.12. The molecule has 1 aliphatic rings. The van der Waals surface area contributed by atoms with Gasteiger partial charge in [0.05, 0.1) is 0 Å². The highest BCUT2D eigenvalue weighted by Gasteiger charge is 2.17. The monoisotopic (exact) mass is 314 g/mol. The molecule has 1 aromatic carbocycles. The van der Waals surface area contributed by atoms with Gasteiger partial charge in [-0.3, -0.25) is 0 Å². The Kier molecular flexibility index (Phi) is 5.41. The van der Waals surface area contributed by atoms with Gasteiger partial charge in [0.15, 0.2) is 0 Å². The second kappa shape index (κ2) is 7.70. The fourth-order valence-electron chi connectivity index (χ4n) is 3.12. The number of aromatic nitrogens is 2. The lowest BCUT2D eigenvalue weighted by Crippen LogP contribution is -2.14. The predicted molar refractivity (Wildman–Crippen MR) is 91.0 cm³/mol. The number of nitrogens with one attached hydrogen (secondary N) is 1. The summed E-state index contributed by atoms with van der Waals surface area (Å²) in [5.41, 5.74) is 2.30. The van der Waals surface area contributed by atoms with Crippen LogP contribution in [0.2, 0.25) is 0 Å². The van der Waals surface area contributed by atoms with E-state index >= 15 is 0 Å². The molecule has 2 aromatic rings. The molecule has 0 bridgehead atoms. The summed E-state index contributed by atoms with van der Waals surface area (Å²) in [6, 6.07) is 8.40. The van der Waals surface area contributed by atoms with Crippen LogP contribution in [0, 0.1) is 5.92 Å². The Morgan fingerprint density at radius 3 is 2.78 bits per heavy atom. The standard InChI is InChI=1S/C18H26N4O/c1-22(2)13-15-5-7-16(8-6-15)18-20-17(23-21-18)12-14-4-3-10-19-11-9-14/h5-8,14,19H,3-4,9-13H2,1-2H3. The summed E-state index contributed by atoms with van der Waals surface area (Å²) in [6.45, 7) is 3.16. The lowest BCUT2D eigenvalue weighted by Gasteiger charge is -2.09. The maximum absolute atomic E-state index is 5.47. The van der Waals surface area contributed by atoms with Crippen LogP contribution in [0.1, 0.15) is 30.7 Å². The molecule has 1 aliphatic heterocycles. The fourth-order valence-corrected chi connectivity index (χ4v) is 3.12. The van der Waals surface area contributed by atoms with E-state index < -0.39 is 0 Å². The third kappa shape index (κ3) is 4.62. The van der Waals surface area contributed by atoms with Crippen LogP contribution in [0.25, 0.3) is 11.4 Å². The lowest BCUT2D eigenvalue weighted by molar-refractivity contribution is 0.341. The molecule has 124 valence electrons. The summed E-state index contributed by atoms with van der Waals surface area (Å²) in [6.07, 6.45) is 4.56. The molecule has 0 spiro atoms. The zero-order chi connectivity index (χ0) is 16.1. The highest BCUT2D eigenvalue weighted by atomic mass is 16.5. The van der Waals surface area contributed by atoms with Crippen LogP contribution in [0.4, 0.5) is 0 Å². The molecule has 3 rings (SSSR count). The van der Waals surface area contributed by atoms with Crippen LogP contribution < -0.4 is 5.32 Å². The number of hydrogen-bond acceptors (Lipinski definition) is 5. The van der Waals surface area contributed by atoms with Crippen molar-refractivity contribution in [2.45, 2.75) is 32.2 Å². The minimum absolute atomic E-state index is 0.653. The van der Waals surface area contributed by atoms with Gasteiger partial charge in [-0.15, -0.1) is 0 Å². The van der Waals surface area contributed by atoms with E-state index in [0.717, 1.165) is 37.5 Å². The normalized spacial score (nSPS) is 19.0. The van der Waals surface area contributed by atoms with E-state index in [9.17, 15) is 0 Å². The molecule has 1 unspecified atom stereocenters. The molecular weight excluding hydrogens is 288 g/mol. The molecule has 1 N–H and O–H groups in total. The Hall–Kier alpha value is -1.72. The summed E-state index contributed by atoms with van der Waals surface area (Å²) in [7, 11) is 4.14. The Morgan fingerprint density at radius 1 is 1.17 bits per heavy atom. The zero-order valence-corrected chi connectivity index (χ0v) is 14.1. The van der Waals surface area contributed by atoms with Crippen molar-refractivity contribution in [1.29, 1.82) is 0 Å². The maximum atomic E-state index is 5.47. The maximum Gasteiger partial charge on any atom is 0.227 e. The van der Waals surface area contributed by atoms with E-state index in [1.54, 1.807) is 0 Å². The van der Waals surface area contributed by atoms with Crippen molar-refractivity contribution < 1.29 is 4.52 Å². The SMILES string of the molecule is CN(C)Cc1ccc(-c2noc(CC3CCCNCC3)n2)cc1. The molecule has 1 aromatic heterocycles. The van der Waals surface area contributed by atoms with Crippen LogP contribution >= 0.6 is 0 Å². The van der Waals surface area contributed by atoms with E-state index in [1.807, 2.05) is 0 Å². The average Bonchev–Trinajstić information content (AvgIpc) is 2.83. The fraction of sp³-hybridized carbons (Fsp3) is 0.556. The van der Waals surface area contributed by atoms with E-state index in [0.29, 0.717) is 11.7 Å². The van der Waals surface area contributed by atoms with Crippen LogP contribution in [-0.2, 0) is 13.0 Å². The predicted octanol–water partition coefficient (Wildman–Crippen LogP) is 2.73. The molecule has 0 radical (unpaired) electrons. The molecule has 0 aliphatic carbocycles. The van der Waals surface area contributed by atoms with Crippen molar-refractivity contribution in [2.24, 2.45) is 5.92 Å². The van der Waals surface area contributed by atoms with Gasteiger partial charge in [0.25, 0.3) is 0 Å². The minimum atomic E-state index is 0.653. The first-order valence-electron chi connectivity index (χ1n) is 8.48. The summed E-state index contributed by atoms with van der Waals surface area (Å²) >= 11 is 0. The number of nitrogens with zero attached hydrogens (tertiary/aromatic N) is 3. The first-order chi connectivity index (χ1) is 11.2. The van der Waals surface area contributed by atoms with Gasteiger partial charge in [-0.2, -0.15) is 4.98 Å². The Labute approximate surface area is 138 Å². The third-order valence-corrected chi connectivity index (χ3v) is 4.34. The zero-order valence-electron chi connectivity index (χ0n) is 14.1. The van der Waals surface area contributed by atoms with Gasteiger partial charge in [0.1, 0.15) is 0 Å². The van der Waals surface area contributed by atoms with Crippen molar-refractivity contribution >= 4 is 0 Å². The largest absolute Gasteiger partial charge is 0.339 e. The van der Waals surface area contributed by atoms with Crippen LogP contribution in [-0.4, -0.2) is 42.2 Å². The number of benzene rings is 1. The van der Waals surface area contributed by atoms with Crippen molar-refractivity contribution in [1.82, 2.24) is 20.4 Å². The molecule has 1 fully saturated rings. The summed E-state index contributed by atoms with van der Waals surface area (Å²) in [4.78, 5) is 6.74. The van der Waals surface area contributed by atoms with Crippen LogP contribution in [0.5, 0.6) is 0 Å². The smallest absolute Gasteiger partial charge is 0.227 e. The molecular formula is C18H26N4O. The Bertz CT molecular complexity index is 598. The van der Waals surface area contributed by atoms with Crippen molar-refractivity contribution in [3.8, 4) is 11.4 Å². The van der Waals surface area contributed by atoms with Gasteiger partial charge in [0.2, 0.25) is 11.7 Å². The minimum Gasteiger partial charge on any atom is -0.339 e. The van der Waals surface area contributed by atoms with E-state index in [2.05, 4.69) is 58.7 Å². The highest BCUT2D eigenvalue weighted by Crippen LogP contribution is 2.21. The van der Waals surface area contributed by atoms with Gasteiger partial charge in [-0.05, 0) is 57.9 Å². The van der Waals surface area contributed by atoms with Gasteiger partial charge in [0, 0.05) is 18.5 Å². The quantitative estimate of drug-likeness (QED) is 0.919. The van der Waals surface area contributed by atoms with E-state index in [-0.39, 0.29) is 0 Å². The van der Waals surface area contributed by atoms with Gasteiger partial charge in [-0.25, -0.2) is 0 Å². The van der Waals surface area contributed by atoms with E-state index in [4.69, 9.17) is 4.52 Å². The Balaban J connectivity index is 1.64. The Morgan fingerprint density at radius 2 is 2.00 bits per heavy atom. The first kappa shape index (κ1) is 16.1. The summed E-state index contributed by atoms with van der Waals surface area (Å²) in [5, 5.41) is 7.60. The first-order valence-corrected chi connectivity index (χ1v) is 8.48. The van der Waals surface area contributed by atoms with E-state index in [1.165, 1.54) is 24.8 Å². The lowest BCUT2D eigenvalue weighted by atomic mass is 9.97. The molecule has 23 heavy (non-hydrogen) atoms. The second-order valence-electron chi connectivity index (χ2n) is 6.70. The molecule has 5 heteroatoms. The van der Waals surface area contributed by atoms with Gasteiger partial charge < -0.3 is 14.7 Å². The molecule has 1 atom stereocenters. The molecule has 0 amide bonds. The van der Waals surface area contributed by atoms with Gasteiger partial charge >= 0.3 is 0 Å². The molecule has 1 saturated heterocycles. The highest BCUT2D eigenvalue weighted by molar-refractivity contribution is 5.54. The van der Waals surface area contributed by atoms with Crippen LogP contribution in [0.3, 0.4) is 0 Å².